The summed E-state index contributed by atoms with van der Waals surface area (Å²) in [6.07, 6.45) is 1.75. The summed E-state index contributed by atoms with van der Waals surface area (Å²) in [4.78, 5) is 37.5. The highest BCUT2D eigenvalue weighted by molar-refractivity contribution is 6.08. The highest BCUT2D eigenvalue weighted by Crippen LogP contribution is 2.44. The van der Waals surface area contributed by atoms with Gasteiger partial charge < -0.3 is 10.2 Å². The average Bonchev–Trinajstić information content (AvgIpc) is 2.88. The van der Waals surface area contributed by atoms with Crippen molar-refractivity contribution in [2.24, 2.45) is 0 Å². The van der Waals surface area contributed by atoms with E-state index in [9.17, 15) is 19.7 Å². The van der Waals surface area contributed by atoms with Crippen LogP contribution in [-0.2, 0) is 11.2 Å². The van der Waals surface area contributed by atoms with Crippen LogP contribution in [-0.4, -0.2) is 23.3 Å². The number of rotatable bonds is 3. The van der Waals surface area contributed by atoms with Crippen LogP contribution in [0.4, 0.5) is 17.1 Å². The number of nitrogens with one attached hydrogen (secondary N) is 1. The number of carbonyl (C=O) groups is 2. The maximum absolute atomic E-state index is 12.6. The smallest absolute Gasteiger partial charge is 0.273 e. The molecule has 2 aromatic carbocycles. The first-order valence-electron chi connectivity index (χ1n) is 8.91. The van der Waals surface area contributed by atoms with Crippen LogP contribution in [0.25, 0.3) is 0 Å². The Morgan fingerprint density at radius 2 is 2.07 bits per heavy atom. The predicted molar refractivity (Wildman–Crippen MR) is 101 cm³/mol. The first-order valence-corrected chi connectivity index (χ1v) is 8.91. The minimum Gasteiger partial charge on any atom is -0.322 e. The van der Waals surface area contributed by atoms with Gasteiger partial charge in [0, 0.05) is 29.4 Å². The number of hydrogen-bond acceptors (Lipinski definition) is 4. The van der Waals surface area contributed by atoms with Crippen molar-refractivity contribution in [2.45, 2.75) is 32.6 Å². The standard InChI is InChI=1S/C20H19N3O4/c1-11-5-6-14(9-17(11)23(26)27)19(24)21-15-8-13-4-3-7-22-18(13)16(10-15)12(2)20(22)25/h5-6,8-10,12H,3-4,7H2,1-2H3,(H,21,24)/t12-/m0/s1. The van der Waals surface area contributed by atoms with Gasteiger partial charge in [-0.3, -0.25) is 19.7 Å². The molecular weight excluding hydrogens is 346 g/mol. The number of nitro groups is 1. The largest absolute Gasteiger partial charge is 0.322 e. The molecule has 0 spiro atoms. The number of benzene rings is 2. The van der Waals surface area contributed by atoms with Crippen molar-refractivity contribution in [1.29, 1.82) is 0 Å². The van der Waals surface area contributed by atoms with Crippen LogP contribution in [0.5, 0.6) is 0 Å². The number of amides is 2. The molecule has 0 aliphatic carbocycles. The van der Waals surface area contributed by atoms with E-state index < -0.39 is 10.8 Å². The van der Waals surface area contributed by atoms with Crippen LogP contribution in [0, 0.1) is 17.0 Å². The van der Waals surface area contributed by atoms with E-state index in [4.69, 9.17) is 0 Å². The van der Waals surface area contributed by atoms with Gasteiger partial charge in [-0.25, -0.2) is 0 Å². The molecule has 138 valence electrons. The zero-order valence-corrected chi connectivity index (χ0v) is 15.1. The average molecular weight is 365 g/mol. The first kappa shape index (κ1) is 17.2. The normalized spacial score (nSPS) is 17.6. The summed E-state index contributed by atoms with van der Waals surface area (Å²) in [7, 11) is 0. The van der Waals surface area contributed by atoms with Gasteiger partial charge in [-0.05, 0) is 56.0 Å². The van der Waals surface area contributed by atoms with E-state index >= 15 is 0 Å². The van der Waals surface area contributed by atoms with E-state index in [-0.39, 0.29) is 23.1 Å². The number of anilines is 2. The highest BCUT2D eigenvalue weighted by atomic mass is 16.6. The second-order valence-electron chi connectivity index (χ2n) is 7.10. The molecule has 0 radical (unpaired) electrons. The van der Waals surface area contributed by atoms with Crippen molar-refractivity contribution in [3.05, 3.63) is 62.7 Å². The lowest BCUT2D eigenvalue weighted by Gasteiger charge is -2.26. The summed E-state index contributed by atoms with van der Waals surface area (Å²) < 4.78 is 0. The second-order valence-corrected chi connectivity index (χ2v) is 7.10. The molecular formula is C20H19N3O4. The summed E-state index contributed by atoms with van der Waals surface area (Å²) in [5, 5.41) is 13.9. The van der Waals surface area contributed by atoms with E-state index in [0.29, 0.717) is 11.3 Å². The third-order valence-electron chi connectivity index (χ3n) is 5.34. The van der Waals surface area contributed by atoms with E-state index in [0.717, 1.165) is 36.2 Å². The molecule has 0 aromatic heterocycles. The topological polar surface area (TPSA) is 92.6 Å². The SMILES string of the molecule is Cc1ccc(C(=O)Nc2cc3c4c(c2)[C@H](C)C(=O)N4CCC3)cc1[N+](=O)[O-]. The lowest BCUT2D eigenvalue weighted by atomic mass is 9.96. The highest BCUT2D eigenvalue weighted by Gasteiger charge is 2.38. The number of nitrogens with zero attached hydrogens (tertiary/aromatic N) is 2. The minimum atomic E-state index is -0.493. The minimum absolute atomic E-state index is 0.0819. The number of hydrogen-bond donors (Lipinski definition) is 1. The molecule has 7 heteroatoms. The first-order chi connectivity index (χ1) is 12.9. The Morgan fingerprint density at radius 1 is 1.30 bits per heavy atom. The van der Waals surface area contributed by atoms with Crippen LogP contribution in [0.3, 0.4) is 0 Å². The monoisotopic (exact) mass is 365 g/mol. The van der Waals surface area contributed by atoms with E-state index in [2.05, 4.69) is 5.32 Å². The molecule has 2 aliphatic heterocycles. The van der Waals surface area contributed by atoms with Crippen LogP contribution < -0.4 is 10.2 Å². The fraction of sp³-hybridized carbons (Fsp3) is 0.300. The fourth-order valence-corrected chi connectivity index (χ4v) is 3.92. The molecule has 2 heterocycles. The summed E-state index contributed by atoms with van der Waals surface area (Å²) >= 11 is 0. The van der Waals surface area contributed by atoms with Gasteiger partial charge in [-0.15, -0.1) is 0 Å². The van der Waals surface area contributed by atoms with Gasteiger partial charge in [0.25, 0.3) is 11.6 Å². The van der Waals surface area contributed by atoms with Crippen LogP contribution in [0.15, 0.2) is 30.3 Å². The van der Waals surface area contributed by atoms with E-state index in [1.54, 1.807) is 19.1 Å². The molecule has 0 saturated carbocycles. The molecule has 2 amide bonds. The van der Waals surface area contributed by atoms with Gasteiger partial charge in [-0.2, -0.15) is 0 Å². The molecule has 27 heavy (non-hydrogen) atoms. The van der Waals surface area contributed by atoms with Crippen molar-refractivity contribution >= 4 is 28.9 Å². The molecule has 0 bridgehead atoms. The Labute approximate surface area is 156 Å². The molecule has 2 aromatic rings. The molecule has 4 rings (SSSR count). The van der Waals surface area contributed by atoms with Gasteiger partial charge in [0.1, 0.15) is 0 Å². The molecule has 1 N–H and O–H groups in total. The Hall–Kier alpha value is -3.22. The summed E-state index contributed by atoms with van der Waals surface area (Å²) in [5.74, 6) is -0.535. The van der Waals surface area contributed by atoms with Crippen LogP contribution >= 0.6 is 0 Å². The maximum Gasteiger partial charge on any atom is 0.273 e. The number of nitro benzene ring substituents is 1. The van der Waals surface area contributed by atoms with E-state index in [1.807, 2.05) is 24.0 Å². The van der Waals surface area contributed by atoms with Gasteiger partial charge in [0.2, 0.25) is 5.91 Å². The van der Waals surface area contributed by atoms with Crippen molar-refractivity contribution in [1.82, 2.24) is 0 Å². The lowest BCUT2D eigenvalue weighted by Crippen LogP contribution is -2.32. The summed E-state index contributed by atoms with van der Waals surface area (Å²) in [6, 6.07) is 8.17. The quantitative estimate of drug-likeness (QED) is 0.665. The molecule has 0 saturated heterocycles. The molecule has 7 nitrogen and oxygen atoms in total. The Balaban J connectivity index is 1.67. The van der Waals surface area contributed by atoms with Crippen molar-refractivity contribution in [2.75, 3.05) is 16.8 Å². The van der Waals surface area contributed by atoms with Gasteiger partial charge >= 0.3 is 0 Å². The van der Waals surface area contributed by atoms with Crippen molar-refractivity contribution in [3.63, 3.8) is 0 Å². The Bertz CT molecular complexity index is 999. The molecule has 0 fully saturated rings. The Morgan fingerprint density at radius 3 is 2.81 bits per heavy atom. The number of aryl methyl sites for hydroxylation is 2. The van der Waals surface area contributed by atoms with Gasteiger partial charge in [-0.1, -0.05) is 6.07 Å². The third-order valence-corrected chi connectivity index (χ3v) is 5.34. The van der Waals surface area contributed by atoms with Crippen molar-refractivity contribution in [3.8, 4) is 0 Å². The number of carbonyl (C=O) groups excluding carboxylic acids is 2. The van der Waals surface area contributed by atoms with Crippen molar-refractivity contribution < 1.29 is 14.5 Å². The van der Waals surface area contributed by atoms with Gasteiger partial charge in [0.05, 0.1) is 16.5 Å². The second kappa shape index (κ2) is 6.19. The molecule has 2 aliphatic rings. The maximum atomic E-state index is 12.6. The summed E-state index contributed by atoms with van der Waals surface area (Å²) in [6.45, 7) is 4.25. The predicted octanol–water partition coefficient (Wildman–Crippen LogP) is 3.55. The summed E-state index contributed by atoms with van der Waals surface area (Å²) in [5.41, 5.74) is 4.24. The van der Waals surface area contributed by atoms with E-state index in [1.165, 1.54) is 6.07 Å². The molecule has 0 unspecified atom stereocenters. The molecule has 1 atom stereocenters. The lowest BCUT2D eigenvalue weighted by molar-refractivity contribution is -0.385. The van der Waals surface area contributed by atoms with Crippen LogP contribution in [0.2, 0.25) is 0 Å². The van der Waals surface area contributed by atoms with Crippen LogP contribution in [0.1, 0.15) is 46.3 Å². The fourth-order valence-electron chi connectivity index (χ4n) is 3.92. The zero-order valence-electron chi connectivity index (χ0n) is 15.1. The van der Waals surface area contributed by atoms with Gasteiger partial charge in [0.15, 0.2) is 0 Å². The third kappa shape index (κ3) is 2.75. The Kier molecular flexibility index (Phi) is 3.95. The zero-order chi connectivity index (χ0) is 19.3.